The number of hydrogen-bond donors (Lipinski definition) is 2. The summed E-state index contributed by atoms with van der Waals surface area (Å²) in [7, 11) is 1.85. The molecule has 3 heterocycles. The first-order valence-corrected chi connectivity index (χ1v) is 11.3. The maximum atomic E-state index is 13.1. The Balaban J connectivity index is 1.63. The molecule has 0 spiro atoms. The van der Waals surface area contributed by atoms with Crippen molar-refractivity contribution in [3.8, 4) is 11.3 Å². The Morgan fingerprint density at radius 3 is 2.74 bits per heavy atom. The summed E-state index contributed by atoms with van der Waals surface area (Å²) in [4.78, 5) is 28.7. The fraction of sp³-hybridized carbons (Fsp3) is 0.154. The van der Waals surface area contributed by atoms with Crippen LogP contribution in [0.15, 0.2) is 63.9 Å². The second-order valence-corrected chi connectivity index (χ2v) is 8.87. The van der Waals surface area contributed by atoms with E-state index in [0.29, 0.717) is 28.0 Å². The van der Waals surface area contributed by atoms with Crippen molar-refractivity contribution in [2.45, 2.75) is 19.9 Å². The molecule has 0 fully saturated rings. The van der Waals surface area contributed by atoms with E-state index in [1.807, 2.05) is 51.4 Å². The van der Waals surface area contributed by atoms with Crippen molar-refractivity contribution in [3.63, 3.8) is 0 Å². The maximum Gasteiger partial charge on any atom is 0.356 e. The van der Waals surface area contributed by atoms with Crippen LogP contribution < -0.4 is 10.7 Å². The van der Waals surface area contributed by atoms with Crippen molar-refractivity contribution in [2.24, 2.45) is 7.05 Å². The lowest BCUT2D eigenvalue weighted by Crippen LogP contribution is -2.13. The molecule has 0 saturated carbocycles. The Morgan fingerprint density at radius 1 is 1.17 bits per heavy atom. The van der Waals surface area contributed by atoms with Gasteiger partial charge in [0, 0.05) is 35.8 Å². The Hall–Kier alpha value is -4.17. The van der Waals surface area contributed by atoms with Crippen LogP contribution >= 0.6 is 11.6 Å². The number of pyridine rings is 1. The molecule has 176 valence electrons. The molecule has 5 rings (SSSR count). The summed E-state index contributed by atoms with van der Waals surface area (Å²) in [5, 5.41) is 18.6. The predicted molar refractivity (Wildman–Crippen MR) is 135 cm³/mol. The minimum atomic E-state index is -1.20. The van der Waals surface area contributed by atoms with Crippen LogP contribution in [0.25, 0.3) is 33.2 Å². The normalized spacial score (nSPS) is 12.2. The van der Waals surface area contributed by atoms with Crippen molar-refractivity contribution in [1.82, 2.24) is 14.8 Å². The number of carbonyl (C=O) groups is 1. The number of benzene rings is 2. The first kappa shape index (κ1) is 22.6. The molecule has 0 unspecified atom stereocenters. The van der Waals surface area contributed by atoms with Gasteiger partial charge in [0.2, 0.25) is 0 Å². The van der Waals surface area contributed by atoms with Crippen molar-refractivity contribution in [3.05, 3.63) is 86.9 Å². The summed E-state index contributed by atoms with van der Waals surface area (Å²) in [5.41, 5.74) is 3.59. The van der Waals surface area contributed by atoms with Crippen molar-refractivity contribution >= 4 is 45.1 Å². The van der Waals surface area contributed by atoms with Crippen LogP contribution in [0.1, 0.15) is 34.6 Å². The van der Waals surface area contributed by atoms with Crippen LogP contribution in [0.3, 0.4) is 0 Å². The van der Waals surface area contributed by atoms with Gasteiger partial charge in [-0.15, -0.1) is 0 Å². The van der Waals surface area contributed by atoms with Gasteiger partial charge in [-0.05, 0) is 55.8 Å². The van der Waals surface area contributed by atoms with E-state index in [4.69, 9.17) is 16.0 Å². The zero-order chi connectivity index (χ0) is 24.9. The van der Waals surface area contributed by atoms with E-state index in [9.17, 15) is 14.7 Å². The largest absolute Gasteiger partial charge is 0.476 e. The molecule has 2 aromatic carbocycles. The number of aromatic carboxylic acids is 1. The highest BCUT2D eigenvalue weighted by molar-refractivity contribution is 6.29. The lowest BCUT2D eigenvalue weighted by Gasteiger charge is -2.19. The monoisotopic (exact) mass is 488 g/mol. The molecular formula is C26H21ClN4O4. The van der Waals surface area contributed by atoms with Gasteiger partial charge in [-0.25, -0.2) is 9.78 Å². The number of carboxylic acid groups (broad SMARTS) is 1. The number of aromatic nitrogens is 3. The minimum absolute atomic E-state index is 0.0860. The van der Waals surface area contributed by atoms with Crippen molar-refractivity contribution in [1.29, 1.82) is 0 Å². The van der Waals surface area contributed by atoms with E-state index in [-0.39, 0.29) is 16.3 Å². The van der Waals surface area contributed by atoms with E-state index in [1.54, 1.807) is 16.8 Å². The molecule has 5 aromatic rings. The fourth-order valence-electron chi connectivity index (χ4n) is 4.23. The van der Waals surface area contributed by atoms with Crippen molar-refractivity contribution in [2.75, 3.05) is 5.32 Å². The first-order chi connectivity index (χ1) is 16.7. The van der Waals surface area contributed by atoms with Gasteiger partial charge in [0.1, 0.15) is 16.5 Å². The van der Waals surface area contributed by atoms with Gasteiger partial charge in [0.05, 0.1) is 22.6 Å². The smallest absolute Gasteiger partial charge is 0.356 e. The second kappa shape index (κ2) is 8.56. The summed E-state index contributed by atoms with van der Waals surface area (Å²) in [5.74, 6) is -0.763. The Bertz CT molecular complexity index is 1690. The molecule has 0 amide bonds. The minimum Gasteiger partial charge on any atom is -0.476 e. The maximum absolute atomic E-state index is 13.1. The van der Waals surface area contributed by atoms with E-state index in [2.05, 4.69) is 15.4 Å². The highest BCUT2D eigenvalue weighted by atomic mass is 35.5. The second-order valence-electron chi connectivity index (χ2n) is 8.48. The zero-order valence-electron chi connectivity index (χ0n) is 19.2. The summed E-state index contributed by atoms with van der Waals surface area (Å²) >= 11 is 5.89. The number of nitrogens with one attached hydrogen (secondary N) is 1. The molecule has 8 nitrogen and oxygen atoms in total. The van der Waals surface area contributed by atoms with E-state index in [1.165, 1.54) is 12.1 Å². The number of rotatable bonds is 5. The zero-order valence-corrected chi connectivity index (χ0v) is 19.9. The van der Waals surface area contributed by atoms with E-state index >= 15 is 0 Å². The molecule has 0 bridgehead atoms. The lowest BCUT2D eigenvalue weighted by atomic mass is 10.0. The summed E-state index contributed by atoms with van der Waals surface area (Å²) < 4.78 is 8.04. The number of hydrogen-bond acceptors (Lipinski definition) is 6. The summed E-state index contributed by atoms with van der Waals surface area (Å²) in [6.45, 7) is 3.76. The molecule has 3 aromatic heterocycles. The van der Waals surface area contributed by atoms with Gasteiger partial charge in [-0.1, -0.05) is 17.7 Å². The Morgan fingerprint density at radius 2 is 1.97 bits per heavy atom. The molecule has 0 aliphatic heterocycles. The number of fused-ring (bicyclic) bond motifs is 2. The third kappa shape index (κ3) is 4.24. The van der Waals surface area contributed by atoms with Crippen LogP contribution in [0.2, 0.25) is 5.15 Å². The number of aryl methyl sites for hydroxylation is 2. The highest BCUT2D eigenvalue weighted by Gasteiger charge is 2.20. The van der Waals surface area contributed by atoms with Crippen LogP contribution in [-0.4, -0.2) is 25.8 Å². The van der Waals surface area contributed by atoms with E-state index in [0.717, 1.165) is 22.0 Å². The number of carboxylic acids is 1. The van der Waals surface area contributed by atoms with E-state index < -0.39 is 12.0 Å². The van der Waals surface area contributed by atoms with Gasteiger partial charge in [0.25, 0.3) is 0 Å². The molecule has 0 saturated heterocycles. The highest BCUT2D eigenvalue weighted by Crippen LogP contribution is 2.32. The van der Waals surface area contributed by atoms with Gasteiger partial charge in [0.15, 0.2) is 11.1 Å². The summed E-state index contributed by atoms with van der Waals surface area (Å²) in [6, 6.07) is 13.6. The third-order valence-electron chi connectivity index (χ3n) is 5.81. The predicted octanol–water partition coefficient (Wildman–Crippen LogP) is 5.57. The van der Waals surface area contributed by atoms with Crippen LogP contribution in [0.4, 0.5) is 5.69 Å². The van der Waals surface area contributed by atoms with Gasteiger partial charge in [-0.3, -0.25) is 9.48 Å². The van der Waals surface area contributed by atoms with Gasteiger partial charge in [-0.2, -0.15) is 5.10 Å². The quantitative estimate of drug-likeness (QED) is 0.311. The number of halogens is 1. The van der Waals surface area contributed by atoms with Crippen molar-refractivity contribution < 1.29 is 14.3 Å². The molecule has 0 aliphatic rings. The Labute approximate surface area is 204 Å². The molecule has 1 atom stereocenters. The van der Waals surface area contributed by atoms with Gasteiger partial charge >= 0.3 is 5.97 Å². The van der Waals surface area contributed by atoms with Crippen LogP contribution in [0, 0.1) is 6.92 Å². The third-order valence-corrected chi connectivity index (χ3v) is 6.02. The SMILES string of the molecule is Cc1cc([C@H](C)Nc2ccc(Cl)nc2C(=O)O)c2oc(-c3ccc4nn(C)cc4c3)cc(=O)c2c1. The fourth-order valence-corrected chi connectivity index (χ4v) is 4.37. The average molecular weight is 489 g/mol. The molecule has 35 heavy (non-hydrogen) atoms. The number of nitrogens with zero attached hydrogens (tertiary/aromatic N) is 3. The molecular weight excluding hydrogens is 468 g/mol. The molecule has 2 N–H and O–H groups in total. The first-order valence-electron chi connectivity index (χ1n) is 10.9. The average Bonchev–Trinajstić information content (AvgIpc) is 3.19. The Kier molecular flexibility index (Phi) is 5.53. The standard InChI is InChI=1S/C26H21ClN4O4/c1-13-8-17(14(2)28-20-6-7-23(27)29-24(20)26(33)34)25-18(9-13)21(32)11-22(35-25)15-4-5-19-16(10-15)12-31(3)30-19/h4-12,14,28H,1-3H3,(H,33,34)/t14-/m0/s1. The summed E-state index contributed by atoms with van der Waals surface area (Å²) in [6.07, 6.45) is 1.90. The number of anilines is 1. The lowest BCUT2D eigenvalue weighted by molar-refractivity contribution is 0.0691. The van der Waals surface area contributed by atoms with Gasteiger partial charge < -0.3 is 14.8 Å². The van der Waals surface area contributed by atoms with Crippen LogP contribution in [0.5, 0.6) is 0 Å². The van der Waals surface area contributed by atoms with Crippen LogP contribution in [-0.2, 0) is 7.05 Å². The molecule has 0 radical (unpaired) electrons. The molecule has 0 aliphatic carbocycles. The topological polar surface area (TPSA) is 110 Å². The molecule has 9 heteroatoms.